The molecule has 1 fully saturated rings. The Balaban J connectivity index is 1.86. The number of anilines is 1. The maximum atomic E-state index is 5.67. The molecule has 9 nitrogen and oxygen atoms in total. The molecule has 1 saturated carbocycles. The van der Waals surface area contributed by atoms with E-state index in [1.165, 1.54) is 23.9 Å². The number of rotatable bonds is 3. The van der Waals surface area contributed by atoms with Gasteiger partial charge in [0.1, 0.15) is 5.69 Å². The third kappa shape index (κ3) is 2.74. The lowest BCUT2D eigenvalue weighted by Gasteiger charge is -2.10. The fourth-order valence-corrected chi connectivity index (χ4v) is 2.46. The summed E-state index contributed by atoms with van der Waals surface area (Å²) in [6.07, 6.45) is 5.73. The molecular formula is C13H18N8O. The van der Waals surface area contributed by atoms with Crippen molar-refractivity contribution in [2.24, 2.45) is 10.2 Å². The van der Waals surface area contributed by atoms with Crippen LogP contribution in [-0.2, 0) is 0 Å². The standard InChI is InChI=1S/C13H18N8O/c1-8(15-16-10-6-4-3-5-7-10)11-9(2)21(20-17-11)13-12(14)18-22-19-13/h3-7H2,1-2H3,(H2,14,18)/b15-8-. The first-order valence-corrected chi connectivity index (χ1v) is 7.28. The quantitative estimate of drug-likeness (QED) is 0.680. The minimum atomic E-state index is 0.164. The summed E-state index contributed by atoms with van der Waals surface area (Å²) < 4.78 is 6.07. The normalized spacial score (nSPS) is 16.1. The van der Waals surface area contributed by atoms with E-state index in [1.807, 2.05) is 13.8 Å². The minimum Gasteiger partial charge on any atom is -0.378 e. The number of hydrogen-bond donors (Lipinski definition) is 1. The van der Waals surface area contributed by atoms with Gasteiger partial charge >= 0.3 is 0 Å². The first-order valence-electron chi connectivity index (χ1n) is 7.28. The van der Waals surface area contributed by atoms with Crippen LogP contribution in [0, 0.1) is 6.92 Å². The van der Waals surface area contributed by atoms with Gasteiger partial charge in [-0.25, -0.2) is 4.63 Å². The Bertz CT molecular complexity index is 718. The van der Waals surface area contributed by atoms with Crippen LogP contribution in [0.4, 0.5) is 5.82 Å². The number of aromatic nitrogens is 5. The van der Waals surface area contributed by atoms with Crippen molar-refractivity contribution in [3.8, 4) is 5.82 Å². The van der Waals surface area contributed by atoms with Crippen LogP contribution >= 0.6 is 0 Å². The molecule has 0 spiro atoms. The van der Waals surface area contributed by atoms with E-state index in [-0.39, 0.29) is 5.82 Å². The van der Waals surface area contributed by atoms with Crippen LogP contribution in [0.15, 0.2) is 14.8 Å². The average Bonchev–Trinajstić information content (AvgIpc) is 3.11. The fraction of sp³-hybridized carbons (Fsp3) is 0.538. The van der Waals surface area contributed by atoms with E-state index in [4.69, 9.17) is 5.73 Å². The van der Waals surface area contributed by atoms with Crippen LogP contribution in [0.25, 0.3) is 5.82 Å². The average molecular weight is 302 g/mol. The summed E-state index contributed by atoms with van der Waals surface area (Å²) in [6, 6.07) is 0. The SMILES string of the molecule is C/C(=N/N=C1CCCCC1)c1nnn(-c2nonc2N)c1C. The van der Waals surface area contributed by atoms with E-state index in [2.05, 4.69) is 35.5 Å². The molecule has 0 aliphatic heterocycles. The Hall–Kier alpha value is -2.58. The fourth-order valence-electron chi connectivity index (χ4n) is 2.46. The molecule has 0 saturated heterocycles. The van der Waals surface area contributed by atoms with Gasteiger partial charge in [0, 0.05) is 5.71 Å². The highest BCUT2D eigenvalue weighted by atomic mass is 16.6. The Morgan fingerprint density at radius 3 is 2.68 bits per heavy atom. The molecule has 2 aromatic heterocycles. The molecule has 0 aromatic carbocycles. The number of hydrogen-bond acceptors (Lipinski definition) is 8. The third-order valence-electron chi connectivity index (χ3n) is 3.71. The second kappa shape index (κ2) is 6.04. The van der Waals surface area contributed by atoms with Gasteiger partial charge in [-0.05, 0) is 49.8 Å². The maximum absolute atomic E-state index is 5.67. The Labute approximate surface area is 127 Å². The van der Waals surface area contributed by atoms with E-state index in [1.54, 1.807) is 0 Å². The zero-order valence-electron chi connectivity index (χ0n) is 12.7. The molecule has 9 heteroatoms. The minimum absolute atomic E-state index is 0.164. The molecule has 0 atom stereocenters. The molecule has 116 valence electrons. The molecule has 2 N–H and O–H groups in total. The van der Waals surface area contributed by atoms with Gasteiger partial charge in [0.2, 0.25) is 11.6 Å². The van der Waals surface area contributed by atoms with Gasteiger partial charge in [-0.1, -0.05) is 11.6 Å². The Morgan fingerprint density at radius 2 is 2.00 bits per heavy atom. The molecule has 2 heterocycles. The predicted molar refractivity (Wildman–Crippen MR) is 81.1 cm³/mol. The van der Waals surface area contributed by atoms with Crippen LogP contribution < -0.4 is 5.73 Å². The summed E-state index contributed by atoms with van der Waals surface area (Å²) >= 11 is 0. The van der Waals surface area contributed by atoms with Gasteiger partial charge in [-0.2, -0.15) is 14.9 Å². The monoisotopic (exact) mass is 302 g/mol. The highest BCUT2D eigenvalue weighted by Crippen LogP contribution is 2.17. The van der Waals surface area contributed by atoms with Crippen molar-refractivity contribution in [3.63, 3.8) is 0 Å². The Morgan fingerprint density at radius 1 is 1.23 bits per heavy atom. The van der Waals surface area contributed by atoms with Crippen LogP contribution in [-0.4, -0.2) is 36.7 Å². The van der Waals surface area contributed by atoms with Crippen molar-refractivity contribution in [2.45, 2.75) is 46.0 Å². The summed E-state index contributed by atoms with van der Waals surface area (Å²) in [7, 11) is 0. The molecule has 1 aliphatic rings. The molecule has 1 aliphatic carbocycles. The lowest BCUT2D eigenvalue weighted by Crippen LogP contribution is -2.06. The van der Waals surface area contributed by atoms with Crippen LogP contribution in [0.5, 0.6) is 0 Å². The van der Waals surface area contributed by atoms with Crippen molar-refractivity contribution < 1.29 is 4.63 Å². The second-order valence-corrected chi connectivity index (χ2v) is 5.32. The zero-order chi connectivity index (χ0) is 15.5. The van der Waals surface area contributed by atoms with Crippen molar-refractivity contribution in [2.75, 3.05) is 5.73 Å². The van der Waals surface area contributed by atoms with Gasteiger partial charge < -0.3 is 5.73 Å². The van der Waals surface area contributed by atoms with E-state index < -0.39 is 0 Å². The highest BCUT2D eigenvalue weighted by molar-refractivity contribution is 5.98. The molecule has 0 radical (unpaired) electrons. The molecular weight excluding hydrogens is 284 g/mol. The summed E-state index contributed by atoms with van der Waals surface area (Å²) in [5.41, 5.74) is 8.95. The first kappa shape index (κ1) is 14.4. The second-order valence-electron chi connectivity index (χ2n) is 5.32. The summed E-state index contributed by atoms with van der Waals surface area (Å²) in [5.74, 6) is 0.485. The zero-order valence-corrected chi connectivity index (χ0v) is 12.7. The van der Waals surface area contributed by atoms with Crippen molar-refractivity contribution in [1.82, 2.24) is 25.3 Å². The predicted octanol–water partition coefficient (Wildman–Crippen LogP) is 1.67. The van der Waals surface area contributed by atoms with Gasteiger partial charge in [-0.15, -0.1) is 5.10 Å². The molecule has 22 heavy (non-hydrogen) atoms. The molecule has 0 bridgehead atoms. The van der Waals surface area contributed by atoms with E-state index in [9.17, 15) is 0 Å². The van der Waals surface area contributed by atoms with Crippen molar-refractivity contribution in [1.29, 1.82) is 0 Å². The first-order chi connectivity index (χ1) is 10.7. The van der Waals surface area contributed by atoms with Crippen LogP contribution in [0.1, 0.15) is 50.4 Å². The van der Waals surface area contributed by atoms with Crippen LogP contribution in [0.2, 0.25) is 0 Å². The molecule has 3 rings (SSSR count). The van der Waals surface area contributed by atoms with Gasteiger partial charge in [0.25, 0.3) is 0 Å². The summed E-state index contributed by atoms with van der Waals surface area (Å²) in [6.45, 7) is 3.72. The third-order valence-corrected chi connectivity index (χ3v) is 3.71. The molecule has 2 aromatic rings. The van der Waals surface area contributed by atoms with Crippen molar-refractivity contribution >= 4 is 17.2 Å². The number of nitrogens with zero attached hydrogens (tertiary/aromatic N) is 7. The number of nitrogen functional groups attached to an aromatic ring is 1. The van der Waals surface area contributed by atoms with E-state index in [0.29, 0.717) is 17.2 Å². The largest absolute Gasteiger partial charge is 0.378 e. The lowest BCUT2D eigenvalue weighted by molar-refractivity contribution is 0.306. The van der Waals surface area contributed by atoms with Gasteiger partial charge in [-0.3, -0.25) is 0 Å². The van der Waals surface area contributed by atoms with Gasteiger partial charge in [0.05, 0.1) is 11.4 Å². The summed E-state index contributed by atoms with van der Waals surface area (Å²) in [5, 5.41) is 24.1. The summed E-state index contributed by atoms with van der Waals surface area (Å²) in [4.78, 5) is 0. The van der Waals surface area contributed by atoms with Crippen LogP contribution in [0.3, 0.4) is 0 Å². The van der Waals surface area contributed by atoms with E-state index in [0.717, 1.165) is 24.2 Å². The number of nitrogens with two attached hydrogens (primary N) is 1. The molecule has 0 amide bonds. The molecule has 0 unspecified atom stereocenters. The Kier molecular flexibility index (Phi) is 3.94. The highest BCUT2D eigenvalue weighted by Gasteiger charge is 2.18. The van der Waals surface area contributed by atoms with Crippen molar-refractivity contribution in [3.05, 3.63) is 11.4 Å². The van der Waals surface area contributed by atoms with E-state index >= 15 is 0 Å². The smallest absolute Gasteiger partial charge is 0.243 e. The van der Waals surface area contributed by atoms with Gasteiger partial charge in [0.15, 0.2) is 0 Å². The maximum Gasteiger partial charge on any atom is 0.243 e. The topological polar surface area (TPSA) is 120 Å². The lowest BCUT2D eigenvalue weighted by atomic mass is 9.99.